The molecule has 12 heteroatoms. The van der Waals surface area contributed by atoms with Gasteiger partial charge in [-0.2, -0.15) is 11.8 Å². The van der Waals surface area contributed by atoms with Gasteiger partial charge in [0.1, 0.15) is 18.7 Å². The first-order valence-electron chi connectivity index (χ1n) is 11.5. The molecule has 0 aromatic heterocycles. The van der Waals surface area contributed by atoms with Gasteiger partial charge in [-0.3, -0.25) is 25.3 Å². The van der Waals surface area contributed by atoms with Crippen LogP contribution in [0.5, 0.6) is 0 Å². The summed E-state index contributed by atoms with van der Waals surface area (Å²) in [5.74, 6) is -0.515. The number of carboxylic acid groups (broad SMARTS) is 1. The average molecular weight is 502 g/mol. The van der Waals surface area contributed by atoms with E-state index in [1.165, 1.54) is 16.7 Å². The Balaban J connectivity index is 1.77. The SMILES string of the molecule is CC(NC(CCC1C=CC=CC1)C(=O)O)C(=O)N1CCCC1C(=O)OCCSCCON(O)O. The lowest BCUT2D eigenvalue weighted by molar-refractivity contribution is -0.490. The van der Waals surface area contributed by atoms with Gasteiger partial charge in [-0.1, -0.05) is 24.3 Å². The zero-order valence-electron chi connectivity index (χ0n) is 19.4. The smallest absolute Gasteiger partial charge is 0.328 e. The lowest BCUT2D eigenvalue weighted by Crippen LogP contribution is -2.53. The number of nitrogens with one attached hydrogen (secondary N) is 1. The molecule has 34 heavy (non-hydrogen) atoms. The van der Waals surface area contributed by atoms with E-state index in [0.29, 0.717) is 49.7 Å². The van der Waals surface area contributed by atoms with Crippen LogP contribution in [0.4, 0.5) is 0 Å². The zero-order valence-corrected chi connectivity index (χ0v) is 20.2. The fraction of sp³-hybridized carbons (Fsp3) is 0.682. The number of nitrogens with zero attached hydrogens (tertiary/aromatic N) is 2. The molecule has 192 valence electrons. The summed E-state index contributed by atoms with van der Waals surface area (Å²) < 4.78 is 5.31. The van der Waals surface area contributed by atoms with E-state index < -0.39 is 30.1 Å². The third-order valence-corrected chi connectivity index (χ3v) is 6.64. The van der Waals surface area contributed by atoms with E-state index in [0.717, 1.165) is 6.42 Å². The Morgan fingerprint density at radius 2 is 2.00 bits per heavy atom. The molecule has 1 amide bonds. The Kier molecular flexibility index (Phi) is 12.6. The van der Waals surface area contributed by atoms with E-state index in [4.69, 9.17) is 15.2 Å². The molecule has 2 aliphatic rings. The van der Waals surface area contributed by atoms with Crippen molar-refractivity contribution in [3.63, 3.8) is 0 Å². The van der Waals surface area contributed by atoms with Crippen molar-refractivity contribution in [2.24, 2.45) is 5.92 Å². The van der Waals surface area contributed by atoms with Gasteiger partial charge >= 0.3 is 11.9 Å². The minimum Gasteiger partial charge on any atom is -0.480 e. The van der Waals surface area contributed by atoms with Crippen LogP contribution in [0.2, 0.25) is 0 Å². The highest BCUT2D eigenvalue weighted by Gasteiger charge is 2.37. The molecule has 4 unspecified atom stereocenters. The molecule has 0 spiro atoms. The second-order valence-corrected chi connectivity index (χ2v) is 9.45. The van der Waals surface area contributed by atoms with Crippen LogP contribution in [-0.2, 0) is 24.0 Å². The van der Waals surface area contributed by atoms with E-state index in [-0.39, 0.29) is 24.5 Å². The van der Waals surface area contributed by atoms with Gasteiger partial charge in [-0.05, 0) is 44.9 Å². The number of carbonyl (C=O) groups excluding carboxylic acids is 2. The normalized spacial score (nSPS) is 21.6. The number of allylic oxidation sites excluding steroid dienone is 4. The minimum atomic E-state index is -0.999. The monoisotopic (exact) mass is 501 g/mol. The molecule has 1 aliphatic heterocycles. The maximum Gasteiger partial charge on any atom is 0.328 e. The summed E-state index contributed by atoms with van der Waals surface area (Å²) in [4.78, 5) is 43.2. The van der Waals surface area contributed by atoms with Crippen LogP contribution in [-0.4, -0.2) is 93.0 Å². The fourth-order valence-electron chi connectivity index (χ4n) is 3.98. The summed E-state index contributed by atoms with van der Waals surface area (Å²) in [6.07, 6.45) is 11.2. The number of esters is 1. The predicted octanol–water partition coefficient (Wildman–Crippen LogP) is 1.61. The first-order valence-corrected chi connectivity index (χ1v) is 12.6. The molecular weight excluding hydrogens is 466 g/mol. The number of amides is 1. The van der Waals surface area contributed by atoms with Crippen molar-refractivity contribution in [2.45, 2.75) is 57.2 Å². The molecule has 0 bridgehead atoms. The lowest BCUT2D eigenvalue weighted by atomic mass is 9.93. The Bertz CT molecular complexity index is 733. The zero-order chi connectivity index (χ0) is 24.9. The van der Waals surface area contributed by atoms with Crippen LogP contribution in [0.15, 0.2) is 24.3 Å². The van der Waals surface area contributed by atoms with Crippen LogP contribution in [0.1, 0.15) is 39.0 Å². The van der Waals surface area contributed by atoms with E-state index in [2.05, 4.69) is 22.3 Å². The second-order valence-electron chi connectivity index (χ2n) is 8.22. The predicted molar refractivity (Wildman–Crippen MR) is 124 cm³/mol. The maximum absolute atomic E-state index is 13.0. The minimum absolute atomic E-state index is 0.0904. The van der Waals surface area contributed by atoms with Gasteiger partial charge in [0.25, 0.3) is 0 Å². The fourth-order valence-corrected chi connectivity index (χ4v) is 4.58. The number of hydrogen-bond donors (Lipinski definition) is 4. The number of carbonyl (C=O) groups is 3. The summed E-state index contributed by atoms with van der Waals surface area (Å²) in [7, 11) is 0. The van der Waals surface area contributed by atoms with E-state index in [1.54, 1.807) is 6.92 Å². The third-order valence-electron chi connectivity index (χ3n) is 5.73. The van der Waals surface area contributed by atoms with Crippen LogP contribution >= 0.6 is 11.8 Å². The van der Waals surface area contributed by atoms with Gasteiger partial charge < -0.3 is 14.7 Å². The highest BCUT2D eigenvalue weighted by Crippen LogP contribution is 2.21. The van der Waals surface area contributed by atoms with Gasteiger partial charge in [-0.25, -0.2) is 9.63 Å². The van der Waals surface area contributed by atoms with Crippen LogP contribution < -0.4 is 5.32 Å². The highest BCUT2D eigenvalue weighted by molar-refractivity contribution is 7.99. The van der Waals surface area contributed by atoms with Gasteiger partial charge in [0.15, 0.2) is 0 Å². The molecular formula is C22H35N3O8S. The number of ether oxygens (including phenoxy) is 1. The topological polar surface area (TPSA) is 149 Å². The molecule has 4 atom stereocenters. The summed E-state index contributed by atoms with van der Waals surface area (Å²) >= 11 is 1.41. The molecule has 1 fully saturated rings. The Labute approximate surface area is 203 Å². The van der Waals surface area contributed by atoms with Gasteiger partial charge in [0.2, 0.25) is 5.91 Å². The van der Waals surface area contributed by atoms with Crippen molar-refractivity contribution in [3.8, 4) is 0 Å². The van der Waals surface area contributed by atoms with E-state index in [1.807, 2.05) is 12.2 Å². The van der Waals surface area contributed by atoms with Crippen molar-refractivity contribution in [3.05, 3.63) is 24.3 Å². The largest absolute Gasteiger partial charge is 0.480 e. The molecule has 1 saturated heterocycles. The number of carboxylic acids is 1. The van der Waals surface area contributed by atoms with Crippen LogP contribution in [0.25, 0.3) is 0 Å². The Morgan fingerprint density at radius 1 is 1.24 bits per heavy atom. The number of hydrogen-bond acceptors (Lipinski definition) is 10. The van der Waals surface area contributed by atoms with E-state index in [9.17, 15) is 19.5 Å². The highest BCUT2D eigenvalue weighted by atomic mass is 32.2. The van der Waals surface area contributed by atoms with Crippen molar-refractivity contribution >= 4 is 29.6 Å². The van der Waals surface area contributed by atoms with Crippen molar-refractivity contribution in [1.82, 2.24) is 15.6 Å². The second kappa shape index (κ2) is 15.1. The van der Waals surface area contributed by atoms with Crippen molar-refractivity contribution in [2.75, 3.05) is 31.3 Å². The molecule has 4 N–H and O–H groups in total. The number of thioether (sulfide) groups is 1. The lowest BCUT2D eigenvalue weighted by Gasteiger charge is -2.28. The molecule has 1 heterocycles. The van der Waals surface area contributed by atoms with Gasteiger partial charge in [0, 0.05) is 18.1 Å². The molecule has 2 rings (SSSR count). The standard InChI is InChI=1S/C22H35N3O8S/c1-16(23-18(21(27)28)10-9-17-6-3-2-4-7-17)20(26)24-11-5-8-19(24)22(29)32-12-14-34-15-13-33-25(30)31/h2-4,6,16-19,23,30-31H,5,7-15H2,1H3,(H,27,28). The molecule has 0 saturated carbocycles. The number of aliphatic carboxylic acids is 1. The molecule has 0 aromatic rings. The van der Waals surface area contributed by atoms with Crippen molar-refractivity contribution < 1.29 is 39.5 Å². The maximum atomic E-state index is 13.0. The molecule has 0 radical (unpaired) electrons. The quantitative estimate of drug-likeness (QED) is 0.147. The first-order chi connectivity index (χ1) is 16.3. The average Bonchev–Trinajstić information content (AvgIpc) is 3.30. The first kappa shape index (κ1) is 28.3. The number of rotatable bonds is 15. The summed E-state index contributed by atoms with van der Waals surface area (Å²) in [5, 5.41) is 29.1. The van der Waals surface area contributed by atoms with E-state index >= 15 is 0 Å². The summed E-state index contributed by atoms with van der Waals surface area (Å²) in [5.41, 5.74) is 0. The van der Waals surface area contributed by atoms with Gasteiger partial charge in [0.05, 0.1) is 18.0 Å². The van der Waals surface area contributed by atoms with Crippen LogP contribution in [0, 0.1) is 5.92 Å². The summed E-state index contributed by atoms with van der Waals surface area (Å²) in [6, 6.07) is -2.27. The molecule has 1 aliphatic carbocycles. The summed E-state index contributed by atoms with van der Waals surface area (Å²) in [6.45, 7) is 2.30. The Hall–Kier alpha value is -1.96. The van der Waals surface area contributed by atoms with Crippen LogP contribution in [0.3, 0.4) is 0 Å². The molecule has 0 aromatic carbocycles. The van der Waals surface area contributed by atoms with Crippen molar-refractivity contribution in [1.29, 1.82) is 0 Å². The van der Waals surface area contributed by atoms with Gasteiger partial charge in [-0.15, -0.1) is 0 Å². The molecule has 11 nitrogen and oxygen atoms in total. The number of likely N-dealkylation sites (tertiary alicyclic amines) is 1. The third kappa shape index (κ3) is 9.72. The Morgan fingerprint density at radius 3 is 2.68 bits per heavy atom.